The van der Waals surface area contributed by atoms with Crippen LogP contribution in [0.3, 0.4) is 0 Å². The van der Waals surface area contributed by atoms with Gasteiger partial charge < -0.3 is 4.90 Å². The first-order valence-electron chi connectivity index (χ1n) is 8.09. The molecule has 1 N–H and O–H groups in total. The molecule has 0 heterocycles. The van der Waals surface area contributed by atoms with E-state index in [2.05, 4.69) is 6.92 Å². The topological polar surface area (TPSA) is 57.6 Å². The van der Waals surface area contributed by atoms with Gasteiger partial charge in [-0.15, -0.1) is 0 Å². The van der Waals surface area contributed by atoms with E-state index < -0.39 is 10.1 Å². The molecule has 0 amide bonds. The maximum Gasteiger partial charge on any atom is 1.00 e. The Labute approximate surface area is 154 Å². The van der Waals surface area contributed by atoms with Crippen LogP contribution in [0.4, 0.5) is 0 Å². The van der Waals surface area contributed by atoms with Crippen molar-refractivity contribution in [1.82, 2.24) is 4.90 Å². The van der Waals surface area contributed by atoms with Crippen LogP contribution in [-0.4, -0.2) is 43.8 Å². The fraction of sp³-hybridized carbons (Fsp3) is 1.00. The van der Waals surface area contributed by atoms with Gasteiger partial charge in [-0.3, -0.25) is 4.55 Å². The third kappa shape index (κ3) is 20.9. The second-order valence-corrected chi connectivity index (χ2v) is 7.34. The molecule has 0 atom stereocenters. The number of nitrogens with zero attached hydrogens (tertiary/aromatic N) is 1. The zero-order valence-electron chi connectivity index (χ0n) is 14.3. The molecular formula is C15H33NNaO3S+. The van der Waals surface area contributed by atoms with Crippen LogP contribution >= 0.6 is 0 Å². The normalized spacial score (nSPS) is 11.6. The van der Waals surface area contributed by atoms with Gasteiger partial charge in [0.2, 0.25) is 0 Å². The van der Waals surface area contributed by atoms with Crippen molar-refractivity contribution in [3.63, 3.8) is 0 Å². The van der Waals surface area contributed by atoms with E-state index >= 15 is 0 Å². The van der Waals surface area contributed by atoms with Crippen molar-refractivity contribution in [2.75, 3.05) is 25.9 Å². The molecule has 0 aromatic carbocycles. The fourth-order valence-corrected chi connectivity index (χ4v) is 2.79. The summed E-state index contributed by atoms with van der Waals surface area (Å²) in [6, 6.07) is 0. The smallest absolute Gasteiger partial charge is 0.305 e. The summed E-state index contributed by atoms with van der Waals surface area (Å²) < 4.78 is 29.9. The van der Waals surface area contributed by atoms with Crippen molar-refractivity contribution in [1.29, 1.82) is 0 Å². The molecular weight excluding hydrogens is 297 g/mol. The summed E-state index contributed by atoms with van der Waals surface area (Å²) in [6.07, 6.45) is 13.1. The summed E-state index contributed by atoms with van der Waals surface area (Å²) in [4.78, 5) is 1.97. The SMILES string of the molecule is CCCCCCCCCCCCN(C)CCS(=O)(=O)O.[Na+]. The summed E-state index contributed by atoms with van der Waals surface area (Å²) in [5, 5.41) is 0. The third-order valence-electron chi connectivity index (χ3n) is 3.62. The summed E-state index contributed by atoms with van der Waals surface area (Å²) in [6.45, 7) is 3.56. The van der Waals surface area contributed by atoms with Crippen LogP contribution in [0, 0.1) is 0 Å². The molecule has 0 spiro atoms. The minimum Gasteiger partial charge on any atom is -0.305 e. The summed E-state index contributed by atoms with van der Waals surface area (Å²) >= 11 is 0. The molecule has 122 valence electrons. The van der Waals surface area contributed by atoms with Gasteiger partial charge in [-0.2, -0.15) is 8.42 Å². The molecule has 0 radical (unpaired) electrons. The van der Waals surface area contributed by atoms with E-state index in [1.54, 1.807) is 0 Å². The summed E-state index contributed by atoms with van der Waals surface area (Å²) in [5.41, 5.74) is 0. The van der Waals surface area contributed by atoms with E-state index in [9.17, 15) is 8.42 Å². The van der Waals surface area contributed by atoms with Gasteiger partial charge in [0, 0.05) is 6.54 Å². The molecule has 4 nitrogen and oxygen atoms in total. The number of hydrogen-bond acceptors (Lipinski definition) is 3. The second kappa shape index (κ2) is 15.8. The Morgan fingerprint density at radius 3 is 1.67 bits per heavy atom. The molecule has 0 saturated heterocycles. The van der Waals surface area contributed by atoms with Crippen LogP contribution in [0.1, 0.15) is 71.1 Å². The van der Waals surface area contributed by atoms with Crippen LogP contribution in [0.15, 0.2) is 0 Å². The van der Waals surface area contributed by atoms with Crippen molar-refractivity contribution in [3.8, 4) is 0 Å². The van der Waals surface area contributed by atoms with E-state index in [-0.39, 0.29) is 35.3 Å². The van der Waals surface area contributed by atoms with Crippen molar-refractivity contribution < 1.29 is 42.5 Å². The maximum atomic E-state index is 10.6. The Bertz CT molecular complexity index is 310. The Hall–Kier alpha value is 0.870. The number of hydrogen-bond donors (Lipinski definition) is 1. The third-order valence-corrected chi connectivity index (χ3v) is 4.32. The second-order valence-electron chi connectivity index (χ2n) is 5.77. The van der Waals surface area contributed by atoms with Crippen molar-refractivity contribution >= 4 is 10.1 Å². The monoisotopic (exact) mass is 330 g/mol. The van der Waals surface area contributed by atoms with Crippen LogP contribution in [0.25, 0.3) is 0 Å². The predicted molar refractivity (Wildman–Crippen MR) is 85.8 cm³/mol. The van der Waals surface area contributed by atoms with Gasteiger partial charge in [-0.1, -0.05) is 64.7 Å². The van der Waals surface area contributed by atoms with Gasteiger partial charge in [0.05, 0.1) is 5.75 Å². The Kier molecular flexibility index (Phi) is 18.1. The van der Waals surface area contributed by atoms with Crippen LogP contribution in [0.2, 0.25) is 0 Å². The largest absolute Gasteiger partial charge is 1.00 e. The Balaban J connectivity index is 0. The van der Waals surface area contributed by atoms with E-state index in [1.807, 2.05) is 11.9 Å². The molecule has 21 heavy (non-hydrogen) atoms. The van der Waals surface area contributed by atoms with E-state index in [4.69, 9.17) is 4.55 Å². The number of rotatable bonds is 14. The average molecular weight is 330 g/mol. The maximum absolute atomic E-state index is 10.6. The quantitative estimate of drug-likeness (QED) is 0.290. The molecule has 0 bridgehead atoms. The molecule has 0 unspecified atom stereocenters. The van der Waals surface area contributed by atoms with E-state index in [0.717, 1.165) is 13.0 Å². The van der Waals surface area contributed by atoms with Crippen LogP contribution < -0.4 is 29.6 Å². The molecule has 0 aliphatic heterocycles. The summed E-state index contributed by atoms with van der Waals surface area (Å²) in [5.74, 6) is -0.165. The Morgan fingerprint density at radius 1 is 0.810 bits per heavy atom. The first kappa shape index (κ1) is 24.1. The summed E-state index contributed by atoms with van der Waals surface area (Å²) in [7, 11) is -1.91. The minimum atomic E-state index is -3.81. The molecule has 0 fully saturated rings. The molecule has 6 heteroatoms. The van der Waals surface area contributed by atoms with Crippen molar-refractivity contribution in [2.24, 2.45) is 0 Å². The predicted octanol–water partition coefficient (Wildman–Crippen LogP) is 0.731. The molecule has 0 saturated carbocycles. The average Bonchev–Trinajstić information content (AvgIpc) is 2.38. The standard InChI is InChI=1S/C15H33NO3S.Na/c1-3-4-5-6-7-8-9-10-11-12-13-16(2)14-15-20(17,18)19;/h3-15H2,1-2H3,(H,17,18,19);/q;+1. The van der Waals surface area contributed by atoms with Gasteiger partial charge in [0.1, 0.15) is 0 Å². The van der Waals surface area contributed by atoms with Crippen molar-refractivity contribution in [3.05, 3.63) is 0 Å². The molecule has 0 aromatic rings. The number of unbranched alkanes of at least 4 members (excludes halogenated alkanes) is 9. The first-order valence-corrected chi connectivity index (χ1v) is 9.70. The van der Waals surface area contributed by atoms with Crippen molar-refractivity contribution in [2.45, 2.75) is 71.1 Å². The van der Waals surface area contributed by atoms with Gasteiger partial charge in [0.25, 0.3) is 10.1 Å². The zero-order valence-corrected chi connectivity index (χ0v) is 17.1. The first-order chi connectivity index (χ1) is 9.45. The van der Waals surface area contributed by atoms with Gasteiger partial charge in [-0.25, -0.2) is 0 Å². The molecule has 0 aliphatic rings. The van der Waals surface area contributed by atoms with E-state index in [1.165, 1.54) is 57.8 Å². The van der Waals surface area contributed by atoms with Gasteiger partial charge in [-0.05, 0) is 20.0 Å². The zero-order chi connectivity index (χ0) is 15.3. The minimum absolute atomic E-state index is 0. The molecule has 0 aliphatic carbocycles. The van der Waals surface area contributed by atoms with Gasteiger partial charge >= 0.3 is 29.6 Å². The van der Waals surface area contributed by atoms with Crippen LogP contribution in [0.5, 0.6) is 0 Å². The van der Waals surface area contributed by atoms with E-state index in [0.29, 0.717) is 6.54 Å². The molecule has 0 aromatic heterocycles. The molecule has 0 rings (SSSR count). The van der Waals surface area contributed by atoms with Crippen LogP contribution in [-0.2, 0) is 10.1 Å². The fourth-order valence-electron chi connectivity index (χ4n) is 2.25. The Morgan fingerprint density at radius 2 is 1.24 bits per heavy atom. The van der Waals surface area contributed by atoms with Gasteiger partial charge in [0.15, 0.2) is 0 Å².